The Morgan fingerprint density at radius 1 is 1.00 bits per heavy atom. The molecule has 6 heteroatoms. The van der Waals surface area contributed by atoms with Crippen molar-refractivity contribution in [2.75, 3.05) is 0 Å². The van der Waals surface area contributed by atoms with Gasteiger partial charge >= 0.3 is 5.97 Å². The molecule has 3 aromatic carbocycles. The van der Waals surface area contributed by atoms with Crippen molar-refractivity contribution in [3.8, 4) is 5.75 Å². The maximum atomic E-state index is 12.6. The molecule has 0 aliphatic rings. The third-order valence-corrected chi connectivity index (χ3v) is 4.62. The number of ether oxygens (including phenoxy) is 2. The second kappa shape index (κ2) is 8.61. The molecule has 0 amide bonds. The van der Waals surface area contributed by atoms with Gasteiger partial charge < -0.3 is 14.5 Å². The Kier molecular flexibility index (Phi) is 5.57. The predicted octanol–water partition coefficient (Wildman–Crippen LogP) is 4.42. The summed E-state index contributed by atoms with van der Waals surface area (Å²) in [6.45, 7) is 2.07. The van der Waals surface area contributed by atoms with E-state index in [9.17, 15) is 9.59 Å². The molecule has 0 fully saturated rings. The zero-order valence-corrected chi connectivity index (χ0v) is 16.4. The minimum absolute atomic E-state index is 0.269. The lowest BCUT2D eigenvalue weighted by atomic mass is 10.2. The second-order valence-corrected chi connectivity index (χ2v) is 6.82. The molecular weight excluding hydrogens is 380 g/mol. The predicted molar refractivity (Wildman–Crippen MR) is 113 cm³/mol. The lowest BCUT2D eigenvalue weighted by Crippen LogP contribution is -2.17. The van der Waals surface area contributed by atoms with Gasteiger partial charge in [0.1, 0.15) is 12.4 Å². The number of hydrogen-bond donors (Lipinski definition) is 1. The van der Waals surface area contributed by atoms with Crippen LogP contribution in [0.15, 0.2) is 83.7 Å². The second-order valence-electron chi connectivity index (χ2n) is 6.82. The van der Waals surface area contributed by atoms with Crippen LogP contribution in [-0.2, 0) is 11.3 Å². The summed E-state index contributed by atoms with van der Waals surface area (Å²) in [6, 6.07) is 23.6. The topological polar surface area (TPSA) is 81.3 Å². The van der Waals surface area contributed by atoms with Crippen LogP contribution in [0.2, 0.25) is 0 Å². The third-order valence-electron chi connectivity index (χ3n) is 4.62. The van der Waals surface area contributed by atoms with Crippen molar-refractivity contribution in [1.82, 2.24) is 9.97 Å². The number of para-hydroxylation sites is 1. The fraction of sp³-hybridized carbons (Fsp3) is 0.125. The van der Waals surface area contributed by atoms with Gasteiger partial charge in [0.2, 0.25) is 0 Å². The SMILES string of the molecule is C[C@H](OC(=O)c1cccc(OCc2ccccc2)c1)c1nc2ccccc2c(=O)[nH]1. The molecule has 0 aliphatic heterocycles. The molecule has 1 atom stereocenters. The summed E-state index contributed by atoms with van der Waals surface area (Å²) in [5.74, 6) is 0.338. The molecular formula is C24H20N2O4. The van der Waals surface area contributed by atoms with Crippen LogP contribution < -0.4 is 10.3 Å². The molecule has 0 aliphatic carbocycles. The monoisotopic (exact) mass is 400 g/mol. The number of hydrogen-bond acceptors (Lipinski definition) is 5. The Labute approximate surface area is 173 Å². The van der Waals surface area contributed by atoms with Crippen molar-refractivity contribution in [3.63, 3.8) is 0 Å². The van der Waals surface area contributed by atoms with E-state index in [4.69, 9.17) is 9.47 Å². The number of nitrogens with one attached hydrogen (secondary N) is 1. The van der Waals surface area contributed by atoms with E-state index >= 15 is 0 Å². The Hall–Kier alpha value is -3.93. The van der Waals surface area contributed by atoms with Crippen LogP contribution in [0, 0.1) is 0 Å². The molecule has 0 unspecified atom stereocenters. The normalized spacial score (nSPS) is 11.8. The fourth-order valence-corrected chi connectivity index (χ4v) is 3.04. The molecule has 0 spiro atoms. The Morgan fingerprint density at radius 3 is 2.60 bits per heavy atom. The molecule has 1 aromatic heterocycles. The molecule has 1 heterocycles. The molecule has 0 radical (unpaired) electrons. The van der Waals surface area contributed by atoms with Crippen molar-refractivity contribution in [1.29, 1.82) is 0 Å². The summed E-state index contributed by atoms with van der Waals surface area (Å²) in [6.07, 6.45) is -0.719. The van der Waals surface area contributed by atoms with Crippen LogP contribution in [0.1, 0.15) is 34.8 Å². The number of benzene rings is 3. The smallest absolute Gasteiger partial charge is 0.338 e. The molecule has 4 rings (SSSR count). The maximum absolute atomic E-state index is 12.6. The minimum atomic E-state index is -0.719. The summed E-state index contributed by atoms with van der Waals surface area (Å²) in [5, 5.41) is 0.489. The van der Waals surface area contributed by atoms with E-state index in [1.54, 1.807) is 55.5 Å². The number of esters is 1. The maximum Gasteiger partial charge on any atom is 0.338 e. The van der Waals surface area contributed by atoms with E-state index in [-0.39, 0.29) is 5.56 Å². The number of carbonyl (C=O) groups is 1. The van der Waals surface area contributed by atoms with Gasteiger partial charge in [0.25, 0.3) is 5.56 Å². The fourth-order valence-electron chi connectivity index (χ4n) is 3.04. The Morgan fingerprint density at radius 2 is 1.77 bits per heavy atom. The first-order chi connectivity index (χ1) is 14.6. The molecule has 0 bridgehead atoms. The summed E-state index contributed by atoms with van der Waals surface area (Å²) in [4.78, 5) is 31.9. The highest BCUT2D eigenvalue weighted by Crippen LogP contribution is 2.20. The average molecular weight is 400 g/mol. The van der Waals surface area contributed by atoms with Crippen LogP contribution in [-0.4, -0.2) is 15.9 Å². The van der Waals surface area contributed by atoms with Gasteiger partial charge in [0.15, 0.2) is 11.9 Å². The van der Waals surface area contributed by atoms with E-state index in [1.807, 2.05) is 30.3 Å². The van der Waals surface area contributed by atoms with Gasteiger partial charge in [-0.15, -0.1) is 0 Å². The highest BCUT2D eigenvalue weighted by atomic mass is 16.5. The first kappa shape index (κ1) is 19.4. The van der Waals surface area contributed by atoms with Gasteiger partial charge in [-0.05, 0) is 42.8 Å². The molecule has 30 heavy (non-hydrogen) atoms. The van der Waals surface area contributed by atoms with Crippen molar-refractivity contribution in [2.45, 2.75) is 19.6 Å². The van der Waals surface area contributed by atoms with Crippen LogP contribution in [0.5, 0.6) is 5.75 Å². The molecule has 4 aromatic rings. The van der Waals surface area contributed by atoms with Crippen LogP contribution in [0.25, 0.3) is 10.9 Å². The number of aromatic amines is 1. The van der Waals surface area contributed by atoms with Gasteiger partial charge in [-0.1, -0.05) is 48.5 Å². The largest absolute Gasteiger partial charge is 0.489 e. The standard InChI is InChI=1S/C24H20N2O4/c1-16(22-25-21-13-6-5-12-20(21)23(27)26-22)30-24(28)18-10-7-11-19(14-18)29-15-17-8-3-2-4-9-17/h2-14,16H,15H2,1H3,(H,25,26,27)/t16-/m0/s1. The number of aromatic nitrogens is 2. The third kappa shape index (κ3) is 4.38. The Bertz CT molecular complexity index is 1230. The van der Waals surface area contributed by atoms with Crippen molar-refractivity contribution in [2.24, 2.45) is 0 Å². The lowest BCUT2D eigenvalue weighted by molar-refractivity contribution is 0.0319. The highest BCUT2D eigenvalue weighted by molar-refractivity contribution is 5.90. The summed E-state index contributed by atoms with van der Waals surface area (Å²) in [7, 11) is 0. The summed E-state index contributed by atoms with van der Waals surface area (Å²) < 4.78 is 11.3. The van der Waals surface area contributed by atoms with Crippen molar-refractivity contribution in [3.05, 3.63) is 106 Å². The van der Waals surface area contributed by atoms with Crippen molar-refractivity contribution >= 4 is 16.9 Å². The zero-order valence-electron chi connectivity index (χ0n) is 16.4. The van der Waals surface area contributed by atoms with Gasteiger partial charge in [-0.2, -0.15) is 0 Å². The Balaban J connectivity index is 1.46. The molecule has 6 nitrogen and oxygen atoms in total. The van der Waals surface area contributed by atoms with Crippen LogP contribution in [0.3, 0.4) is 0 Å². The molecule has 1 N–H and O–H groups in total. The number of fused-ring (bicyclic) bond motifs is 1. The first-order valence-corrected chi connectivity index (χ1v) is 9.57. The van der Waals surface area contributed by atoms with Crippen LogP contribution in [0.4, 0.5) is 0 Å². The van der Waals surface area contributed by atoms with Gasteiger partial charge in [0.05, 0.1) is 16.5 Å². The molecule has 0 saturated carbocycles. The summed E-state index contributed by atoms with van der Waals surface area (Å²) in [5.41, 5.74) is 1.67. The van der Waals surface area contributed by atoms with Crippen LogP contribution >= 0.6 is 0 Å². The number of nitrogens with zero attached hydrogens (tertiary/aromatic N) is 1. The lowest BCUT2D eigenvalue weighted by Gasteiger charge is -2.14. The summed E-state index contributed by atoms with van der Waals surface area (Å²) >= 11 is 0. The van der Waals surface area contributed by atoms with Gasteiger partial charge in [-0.3, -0.25) is 4.79 Å². The molecule has 150 valence electrons. The van der Waals surface area contributed by atoms with Crippen molar-refractivity contribution < 1.29 is 14.3 Å². The average Bonchev–Trinajstić information content (AvgIpc) is 2.78. The van der Waals surface area contributed by atoms with E-state index in [0.29, 0.717) is 34.6 Å². The number of carbonyl (C=O) groups excluding carboxylic acids is 1. The van der Waals surface area contributed by atoms with E-state index in [0.717, 1.165) is 5.56 Å². The highest BCUT2D eigenvalue weighted by Gasteiger charge is 2.17. The van der Waals surface area contributed by atoms with E-state index < -0.39 is 12.1 Å². The number of H-pyrrole nitrogens is 1. The quantitative estimate of drug-likeness (QED) is 0.485. The minimum Gasteiger partial charge on any atom is -0.489 e. The first-order valence-electron chi connectivity index (χ1n) is 9.57. The van der Waals surface area contributed by atoms with Gasteiger partial charge in [-0.25, -0.2) is 9.78 Å². The number of rotatable bonds is 6. The van der Waals surface area contributed by atoms with E-state index in [1.165, 1.54) is 0 Å². The van der Waals surface area contributed by atoms with E-state index in [2.05, 4.69) is 9.97 Å². The molecule has 0 saturated heterocycles. The van der Waals surface area contributed by atoms with Gasteiger partial charge in [0, 0.05) is 0 Å². The zero-order chi connectivity index (χ0) is 20.9.